The van der Waals surface area contributed by atoms with Crippen molar-refractivity contribution in [2.45, 2.75) is 43.9 Å². The number of benzene rings is 1. The summed E-state index contributed by atoms with van der Waals surface area (Å²) in [6.07, 6.45) is 4.85. The Kier molecular flexibility index (Phi) is 8.86. The second kappa shape index (κ2) is 11.5. The van der Waals surface area contributed by atoms with Gasteiger partial charge >= 0.3 is 0 Å². The summed E-state index contributed by atoms with van der Waals surface area (Å²) >= 11 is 6.00. The number of aryl methyl sites for hydroxylation is 2. The number of rotatable bonds is 6. The topological polar surface area (TPSA) is 97.2 Å². The van der Waals surface area contributed by atoms with Gasteiger partial charge in [0.2, 0.25) is 10.0 Å². The van der Waals surface area contributed by atoms with Crippen molar-refractivity contribution in [1.29, 1.82) is 0 Å². The van der Waals surface area contributed by atoms with Gasteiger partial charge in [0.05, 0.1) is 11.9 Å². The summed E-state index contributed by atoms with van der Waals surface area (Å²) in [5, 5.41) is 7.40. The van der Waals surface area contributed by atoms with E-state index in [0.717, 1.165) is 5.56 Å². The van der Waals surface area contributed by atoms with Gasteiger partial charge in [-0.25, -0.2) is 12.8 Å². The number of carbonyl (C=O) groups excluding carboxylic acids is 1. The molecule has 1 N–H and O–H groups in total. The van der Waals surface area contributed by atoms with Crippen LogP contribution >= 0.6 is 11.6 Å². The van der Waals surface area contributed by atoms with Gasteiger partial charge in [-0.2, -0.15) is 9.40 Å². The van der Waals surface area contributed by atoms with Gasteiger partial charge in [0.15, 0.2) is 0 Å². The third kappa shape index (κ3) is 5.77. The molecule has 0 radical (unpaired) electrons. The normalized spacial score (nSPS) is 15.6. The van der Waals surface area contributed by atoms with Crippen molar-refractivity contribution in [3.8, 4) is 0 Å². The molecule has 36 heavy (non-hydrogen) atoms. The van der Waals surface area contributed by atoms with Crippen LogP contribution in [0.25, 0.3) is 0 Å². The molecule has 1 aliphatic heterocycles. The van der Waals surface area contributed by atoms with E-state index in [1.54, 1.807) is 32.2 Å². The molecule has 0 aliphatic carbocycles. The van der Waals surface area contributed by atoms with Crippen LogP contribution in [0.2, 0.25) is 5.02 Å². The largest absolute Gasteiger partial charge is 0.351 e. The Morgan fingerprint density at radius 1 is 1.22 bits per heavy atom. The average molecular weight is 536 g/mol. The molecule has 8 nitrogen and oxygen atoms in total. The Labute approximate surface area is 216 Å². The molecule has 3 aromatic rings. The van der Waals surface area contributed by atoms with Crippen molar-refractivity contribution in [2.24, 2.45) is 7.05 Å². The van der Waals surface area contributed by atoms with Gasteiger partial charge in [-0.05, 0) is 55.7 Å². The number of nitrogens with zero attached hydrogens (tertiary/aromatic N) is 4. The molecule has 1 fully saturated rings. The number of pyridine rings is 1. The van der Waals surface area contributed by atoms with Crippen LogP contribution in [0.3, 0.4) is 0 Å². The molecule has 1 aliphatic rings. The number of hydrogen-bond donors (Lipinski definition) is 1. The number of halogens is 2. The highest BCUT2D eigenvalue weighted by molar-refractivity contribution is 7.89. The number of piperidine rings is 1. The van der Waals surface area contributed by atoms with Gasteiger partial charge in [-0.15, -0.1) is 0 Å². The summed E-state index contributed by atoms with van der Waals surface area (Å²) < 4.78 is 43.7. The van der Waals surface area contributed by atoms with E-state index >= 15 is 0 Å². The summed E-state index contributed by atoms with van der Waals surface area (Å²) in [6, 6.07) is 7.81. The van der Waals surface area contributed by atoms with Gasteiger partial charge in [0.25, 0.3) is 5.91 Å². The predicted octanol–water partition coefficient (Wildman–Crippen LogP) is 4.09. The SMILES string of the molecule is CC.Cc1cc(Cl)ccc1C(=O)NCC1(c2ncccc2F)CCN(S(=O)(=O)c2cnn(C)c2)CC1. The Bertz CT molecular complexity index is 1320. The molecular formula is C25H31ClFN5O3S. The summed E-state index contributed by atoms with van der Waals surface area (Å²) in [6.45, 7) is 6.21. The second-order valence-electron chi connectivity index (χ2n) is 8.51. The summed E-state index contributed by atoms with van der Waals surface area (Å²) in [5.74, 6) is -0.793. The highest BCUT2D eigenvalue weighted by Gasteiger charge is 2.42. The highest BCUT2D eigenvalue weighted by Crippen LogP contribution is 2.37. The Morgan fingerprint density at radius 2 is 1.92 bits per heavy atom. The smallest absolute Gasteiger partial charge is 0.251 e. The molecule has 3 heterocycles. The molecular weight excluding hydrogens is 505 g/mol. The zero-order valence-corrected chi connectivity index (χ0v) is 22.4. The maximum atomic E-state index is 14.8. The van der Waals surface area contributed by atoms with Crippen LogP contribution in [-0.4, -0.2) is 53.0 Å². The van der Waals surface area contributed by atoms with E-state index in [2.05, 4.69) is 15.4 Å². The van der Waals surface area contributed by atoms with E-state index in [-0.39, 0.29) is 36.1 Å². The van der Waals surface area contributed by atoms with Crippen LogP contribution in [0.15, 0.2) is 53.8 Å². The van der Waals surface area contributed by atoms with Crippen LogP contribution in [0.4, 0.5) is 4.39 Å². The highest BCUT2D eigenvalue weighted by atomic mass is 35.5. The Hall–Kier alpha value is -2.82. The first kappa shape index (κ1) is 27.8. The molecule has 0 saturated carbocycles. The lowest BCUT2D eigenvalue weighted by molar-refractivity contribution is 0.0930. The molecule has 2 aromatic heterocycles. The molecule has 194 valence electrons. The number of carbonyl (C=O) groups is 1. The van der Waals surface area contributed by atoms with E-state index in [1.165, 1.54) is 39.7 Å². The molecule has 11 heteroatoms. The maximum Gasteiger partial charge on any atom is 0.251 e. The minimum absolute atomic E-state index is 0.109. The Balaban J connectivity index is 0.00000176. The van der Waals surface area contributed by atoms with Crippen LogP contribution in [0.5, 0.6) is 0 Å². The molecule has 0 atom stereocenters. The number of sulfonamides is 1. The average Bonchev–Trinajstić information content (AvgIpc) is 3.31. The number of hydrogen-bond acceptors (Lipinski definition) is 5. The third-order valence-corrected chi connectivity index (χ3v) is 8.37. The first-order valence-electron chi connectivity index (χ1n) is 11.8. The van der Waals surface area contributed by atoms with E-state index in [0.29, 0.717) is 23.4 Å². The van der Waals surface area contributed by atoms with E-state index in [4.69, 9.17) is 11.6 Å². The van der Waals surface area contributed by atoms with Crippen molar-refractivity contribution < 1.29 is 17.6 Å². The maximum absolute atomic E-state index is 14.8. The molecule has 1 aromatic carbocycles. The van der Waals surface area contributed by atoms with Gasteiger partial charge in [0, 0.05) is 55.1 Å². The van der Waals surface area contributed by atoms with Crippen LogP contribution in [-0.2, 0) is 22.5 Å². The van der Waals surface area contributed by atoms with Crippen molar-refractivity contribution >= 4 is 27.5 Å². The quantitative estimate of drug-likeness (QED) is 0.512. The lowest BCUT2D eigenvalue weighted by Crippen LogP contribution is -2.51. The standard InChI is InChI=1S/C23H25ClFN5O3S.C2H6/c1-16-12-17(24)5-6-19(16)22(31)27-15-23(21-20(25)4-3-9-26-21)7-10-30(11-8-23)34(32,33)18-13-28-29(2)14-18;1-2/h3-6,9,12-14H,7-8,10-11,15H2,1-2H3,(H,27,31);1-2H3. The molecule has 0 unspecified atom stereocenters. The lowest BCUT2D eigenvalue weighted by Gasteiger charge is -2.41. The fourth-order valence-corrected chi connectivity index (χ4v) is 5.99. The Morgan fingerprint density at radius 3 is 2.50 bits per heavy atom. The van der Waals surface area contributed by atoms with E-state index in [1.807, 2.05) is 13.8 Å². The van der Waals surface area contributed by atoms with Crippen LogP contribution in [0.1, 0.15) is 48.3 Å². The van der Waals surface area contributed by atoms with Gasteiger partial charge in [-0.1, -0.05) is 25.4 Å². The fraction of sp³-hybridized carbons (Fsp3) is 0.400. The molecule has 4 rings (SSSR count). The number of nitrogens with one attached hydrogen (secondary N) is 1. The van der Waals surface area contributed by atoms with Gasteiger partial charge in [0.1, 0.15) is 10.7 Å². The zero-order valence-electron chi connectivity index (χ0n) is 20.8. The zero-order chi connectivity index (χ0) is 26.5. The van der Waals surface area contributed by atoms with Crippen LogP contribution in [0, 0.1) is 12.7 Å². The molecule has 1 amide bonds. The van der Waals surface area contributed by atoms with E-state index in [9.17, 15) is 17.6 Å². The summed E-state index contributed by atoms with van der Waals surface area (Å²) in [4.78, 5) is 17.3. The fourth-order valence-electron chi connectivity index (χ4n) is 4.34. The second-order valence-corrected chi connectivity index (χ2v) is 10.9. The van der Waals surface area contributed by atoms with E-state index < -0.39 is 21.3 Å². The van der Waals surface area contributed by atoms with Crippen molar-refractivity contribution in [3.63, 3.8) is 0 Å². The lowest BCUT2D eigenvalue weighted by atomic mass is 9.75. The summed E-state index contributed by atoms with van der Waals surface area (Å²) in [7, 11) is -2.08. The van der Waals surface area contributed by atoms with Gasteiger partial charge in [-0.3, -0.25) is 14.5 Å². The predicted molar refractivity (Wildman–Crippen MR) is 137 cm³/mol. The first-order valence-corrected chi connectivity index (χ1v) is 13.6. The van der Waals surface area contributed by atoms with Gasteiger partial charge < -0.3 is 5.32 Å². The number of aromatic nitrogens is 3. The van der Waals surface area contributed by atoms with Crippen molar-refractivity contribution in [1.82, 2.24) is 24.4 Å². The van der Waals surface area contributed by atoms with Crippen molar-refractivity contribution in [3.05, 3.63) is 76.6 Å². The molecule has 1 saturated heterocycles. The van der Waals surface area contributed by atoms with Crippen LogP contribution < -0.4 is 5.32 Å². The summed E-state index contributed by atoms with van der Waals surface area (Å²) in [5.41, 5.74) is 0.557. The third-order valence-electron chi connectivity index (χ3n) is 6.28. The molecule has 0 spiro atoms. The minimum Gasteiger partial charge on any atom is -0.351 e. The first-order chi connectivity index (χ1) is 17.1. The monoisotopic (exact) mass is 535 g/mol. The number of amides is 1. The molecule has 0 bridgehead atoms. The minimum atomic E-state index is -3.73. The van der Waals surface area contributed by atoms with Crippen molar-refractivity contribution in [2.75, 3.05) is 19.6 Å².